The third-order valence-electron chi connectivity index (χ3n) is 0.848. The number of nitrogens with zero attached hydrogens (tertiary/aromatic N) is 1. The highest BCUT2D eigenvalue weighted by Crippen LogP contribution is 2.12. The van der Waals surface area contributed by atoms with E-state index in [0.29, 0.717) is 0 Å². The molecular formula is C5H4FIN2. The van der Waals surface area contributed by atoms with Crippen molar-refractivity contribution in [1.29, 1.82) is 0 Å². The molecule has 0 saturated heterocycles. The van der Waals surface area contributed by atoms with Gasteiger partial charge in [0.05, 0.1) is 3.57 Å². The maximum Gasteiger partial charge on any atom is 0.167 e. The molecule has 0 atom stereocenters. The molecule has 4 heteroatoms. The first-order chi connectivity index (χ1) is 4.34. The molecule has 1 rings (SSSR count). The fourth-order valence-electron chi connectivity index (χ4n) is 0.455. The topological polar surface area (TPSA) is 24.9 Å². The lowest BCUT2D eigenvalue weighted by Crippen LogP contribution is -1.88. The molecule has 0 amide bonds. The average molecular weight is 238 g/mol. The molecule has 0 aliphatic carbocycles. The third-order valence-corrected chi connectivity index (χ3v) is 1.72. The van der Waals surface area contributed by atoms with Gasteiger partial charge in [0.1, 0.15) is 0 Å². The quantitative estimate of drug-likeness (QED) is 0.597. The summed E-state index contributed by atoms with van der Waals surface area (Å²) in [6.07, 6.45) is 1.53. The molecule has 0 unspecified atom stereocenters. The normalized spacial score (nSPS) is 9.11. The Kier molecular flexibility index (Phi) is 2.21. The number of hydrogen-bond acceptors (Lipinski definition) is 2. The largest absolute Gasteiger partial charge is 0.236 e. The zero-order valence-corrected chi connectivity index (χ0v) is 6.59. The summed E-state index contributed by atoms with van der Waals surface area (Å²) in [5.41, 5.74) is 1.48. The van der Waals surface area contributed by atoms with E-state index in [9.17, 15) is 4.48 Å². The predicted octanol–water partition coefficient (Wildman–Crippen LogP) is 1.98. The Balaban J connectivity index is 3.01. The molecule has 0 radical (unpaired) electrons. The van der Waals surface area contributed by atoms with Gasteiger partial charge in [-0.05, 0) is 34.7 Å². The minimum atomic E-state index is 0.276. The maximum atomic E-state index is 11.7. The Morgan fingerprint density at radius 2 is 2.44 bits per heavy atom. The molecule has 0 aromatic carbocycles. The van der Waals surface area contributed by atoms with Gasteiger partial charge < -0.3 is 0 Å². The number of nitrogens with one attached hydrogen (secondary N) is 1. The van der Waals surface area contributed by atoms with Gasteiger partial charge in [0.2, 0.25) is 0 Å². The Labute approximate surface area is 65.6 Å². The smallest absolute Gasteiger partial charge is 0.167 e. The second-order valence-corrected chi connectivity index (χ2v) is 2.59. The van der Waals surface area contributed by atoms with Crippen molar-refractivity contribution in [2.45, 2.75) is 0 Å². The van der Waals surface area contributed by atoms with E-state index in [1.807, 2.05) is 22.6 Å². The van der Waals surface area contributed by atoms with Crippen LogP contribution in [-0.4, -0.2) is 4.98 Å². The van der Waals surface area contributed by atoms with Gasteiger partial charge in [0.25, 0.3) is 0 Å². The highest BCUT2D eigenvalue weighted by Gasteiger charge is 1.94. The van der Waals surface area contributed by atoms with E-state index in [2.05, 4.69) is 4.98 Å². The first kappa shape index (κ1) is 6.73. The Morgan fingerprint density at radius 1 is 1.67 bits per heavy atom. The number of pyridine rings is 1. The van der Waals surface area contributed by atoms with E-state index in [1.54, 1.807) is 12.1 Å². The molecule has 0 aliphatic rings. The number of halogens is 2. The van der Waals surface area contributed by atoms with Gasteiger partial charge in [-0.25, -0.2) is 10.5 Å². The van der Waals surface area contributed by atoms with Crippen LogP contribution in [0.2, 0.25) is 0 Å². The Hall–Kier alpha value is -0.390. The Morgan fingerprint density at radius 3 is 2.89 bits per heavy atom. The maximum absolute atomic E-state index is 11.7. The second-order valence-electron chi connectivity index (χ2n) is 1.43. The van der Waals surface area contributed by atoms with Crippen LogP contribution < -0.4 is 5.54 Å². The van der Waals surface area contributed by atoms with Crippen molar-refractivity contribution in [3.63, 3.8) is 0 Å². The summed E-state index contributed by atoms with van der Waals surface area (Å²) >= 11 is 2.00. The lowest BCUT2D eigenvalue weighted by molar-refractivity contribution is 0.611. The van der Waals surface area contributed by atoms with Crippen LogP contribution in [0.4, 0.5) is 10.3 Å². The SMILES string of the molecule is FNc1ncccc1I. The van der Waals surface area contributed by atoms with Gasteiger partial charge in [-0.2, -0.15) is 0 Å². The van der Waals surface area contributed by atoms with Crippen molar-refractivity contribution in [2.75, 3.05) is 5.54 Å². The van der Waals surface area contributed by atoms with Crippen molar-refractivity contribution in [1.82, 2.24) is 4.98 Å². The summed E-state index contributed by atoms with van der Waals surface area (Å²) in [5.74, 6) is 0.276. The molecule has 0 fully saturated rings. The molecular weight excluding hydrogens is 234 g/mol. The minimum Gasteiger partial charge on any atom is -0.236 e. The highest BCUT2D eigenvalue weighted by atomic mass is 127. The molecule has 0 bridgehead atoms. The summed E-state index contributed by atoms with van der Waals surface area (Å²) in [5, 5.41) is 0. The molecule has 48 valence electrons. The van der Waals surface area contributed by atoms with Gasteiger partial charge >= 0.3 is 0 Å². The first-order valence-electron chi connectivity index (χ1n) is 2.32. The molecule has 0 spiro atoms. The number of hydrogen-bond donors (Lipinski definition) is 1. The van der Waals surface area contributed by atoms with Crippen LogP contribution in [0.5, 0.6) is 0 Å². The van der Waals surface area contributed by atoms with E-state index in [1.165, 1.54) is 11.7 Å². The summed E-state index contributed by atoms with van der Waals surface area (Å²) in [6.45, 7) is 0. The number of rotatable bonds is 1. The summed E-state index contributed by atoms with van der Waals surface area (Å²) in [4.78, 5) is 3.70. The van der Waals surface area contributed by atoms with Crippen LogP contribution in [0.15, 0.2) is 18.3 Å². The van der Waals surface area contributed by atoms with Crippen LogP contribution in [0.25, 0.3) is 0 Å². The van der Waals surface area contributed by atoms with E-state index in [4.69, 9.17) is 0 Å². The molecule has 1 N–H and O–H groups in total. The van der Waals surface area contributed by atoms with Crippen molar-refractivity contribution in [3.8, 4) is 0 Å². The lowest BCUT2D eigenvalue weighted by atomic mass is 10.5. The first-order valence-corrected chi connectivity index (χ1v) is 3.39. The molecule has 1 aromatic heterocycles. The van der Waals surface area contributed by atoms with Gasteiger partial charge in [0.15, 0.2) is 5.82 Å². The van der Waals surface area contributed by atoms with Crippen LogP contribution in [0, 0.1) is 3.57 Å². The van der Waals surface area contributed by atoms with Crippen molar-refractivity contribution < 1.29 is 4.48 Å². The fraction of sp³-hybridized carbons (Fsp3) is 0. The fourth-order valence-corrected chi connectivity index (χ4v) is 0.904. The predicted molar refractivity (Wildman–Crippen MR) is 41.7 cm³/mol. The van der Waals surface area contributed by atoms with Crippen molar-refractivity contribution in [2.24, 2.45) is 0 Å². The van der Waals surface area contributed by atoms with E-state index in [0.717, 1.165) is 3.57 Å². The molecule has 1 aromatic rings. The van der Waals surface area contributed by atoms with Crippen molar-refractivity contribution in [3.05, 3.63) is 21.9 Å². The standard InChI is InChI=1S/C5H4FIN2/c6-9-5-4(7)2-1-3-8-5/h1-3H,(H,8,9). The van der Waals surface area contributed by atoms with Crippen LogP contribution in [0.1, 0.15) is 0 Å². The van der Waals surface area contributed by atoms with E-state index < -0.39 is 0 Å². The van der Waals surface area contributed by atoms with Gasteiger partial charge in [-0.1, -0.05) is 0 Å². The molecule has 1 heterocycles. The third kappa shape index (κ3) is 1.51. The average Bonchev–Trinajstić information content (AvgIpc) is 1.89. The van der Waals surface area contributed by atoms with Gasteiger partial charge in [-0.15, -0.1) is 4.48 Å². The number of aromatic nitrogens is 1. The zero-order chi connectivity index (χ0) is 6.69. The highest BCUT2D eigenvalue weighted by molar-refractivity contribution is 14.1. The van der Waals surface area contributed by atoms with E-state index >= 15 is 0 Å². The lowest BCUT2D eigenvalue weighted by Gasteiger charge is -1.94. The summed E-state index contributed by atoms with van der Waals surface area (Å²) in [7, 11) is 0. The summed E-state index contributed by atoms with van der Waals surface area (Å²) < 4.78 is 12.4. The van der Waals surface area contributed by atoms with Crippen LogP contribution in [-0.2, 0) is 0 Å². The second kappa shape index (κ2) is 2.95. The molecule has 2 nitrogen and oxygen atoms in total. The molecule has 9 heavy (non-hydrogen) atoms. The van der Waals surface area contributed by atoms with Gasteiger partial charge in [-0.3, -0.25) is 0 Å². The van der Waals surface area contributed by atoms with Crippen molar-refractivity contribution >= 4 is 28.4 Å². The number of anilines is 1. The molecule has 0 saturated carbocycles. The summed E-state index contributed by atoms with van der Waals surface area (Å²) in [6, 6.07) is 3.53. The zero-order valence-electron chi connectivity index (χ0n) is 4.44. The molecule has 0 aliphatic heterocycles. The van der Waals surface area contributed by atoms with E-state index in [-0.39, 0.29) is 5.82 Å². The van der Waals surface area contributed by atoms with Gasteiger partial charge in [0, 0.05) is 6.20 Å². The monoisotopic (exact) mass is 238 g/mol. The van der Waals surface area contributed by atoms with Crippen LogP contribution >= 0.6 is 22.6 Å². The minimum absolute atomic E-state index is 0.276. The van der Waals surface area contributed by atoms with Crippen LogP contribution in [0.3, 0.4) is 0 Å². The Bertz CT molecular complexity index is 204.